The van der Waals surface area contributed by atoms with E-state index in [-0.39, 0.29) is 11.7 Å². The van der Waals surface area contributed by atoms with Gasteiger partial charge in [0.05, 0.1) is 29.0 Å². The molecule has 2 N–H and O–H groups in total. The number of carbonyl (C=O) groups excluding carboxylic acids is 1. The Morgan fingerprint density at radius 1 is 1.15 bits per heavy atom. The van der Waals surface area contributed by atoms with Crippen molar-refractivity contribution in [3.05, 3.63) is 71.2 Å². The number of hydrogen-bond donors (Lipinski definition) is 2. The summed E-state index contributed by atoms with van der Waals surface area (Å²) in [7, 11) is 0. The van der Waals surface area contributed by atoms with Crippen molar-refractivity contribution < 1.29 is 9.18 Å². The van der Waals surface area contributed by atoms with Crippen molar-refractivity contribution in [1.29, 1.82) is 0 Å². The fourth-order valence-electron chi connectivity index (χ4n) is 3.15. The third-order valence-corrected chi connectivity index (χ3v) is 5.64. The summed E-state index contributed by atoms with van der Waals surface area (Å²) in [4.78, 5) is 19.2. The Bertz CT molecular complexity index is 1120. The summed E-state index contributed by atoms with van der Waals surface area (Å²) >= 11 is 1.64. The molecule has 27 heavy (non-hydrogen) atoms. The van der Waals surface area contributed by atoms with Crippen LogP contribution in [0.1, 0.15) is 21.6 Å². The number of carbonyl (C=O) groups is 1. The highest BCUT2D eigenvalue weighted by atomic mass is 32.1. The normalized spacial score (nSPS) is 13.1. The van der Waals surface area contributed by atoms with E-state index in [9.17, 15) is 9.18 Å². The van der Waals surface area contributed by atoms with Crippen LogP contribution in [0, 0.1) is 5.82 Å². The molecule has 4 aromatic rings. The Morgan fingerprint density at radius 3 is 2.78 bits per heavy atom. The van der Waals surface area contributed by atoms with Gasteiger partial charge in [-0.1, -0.05) is 23.5 Å². The third kappa shape index (κ3) is 2.83. The number of nitrogens with zero attached hydrogens (tertiary/aromatic N) is 3. The van der Waals surface area contributed by atoms with Crippen LogP contribution in [0.4, 0.5) is 15.3 Å². The summed E-state index contributed by atoms with van der Waals surface area (Å²) in [5, 5.41) is 11.0. The van der Waals surface area contributed by atoms with Crippen molar-refractivity contribution in [2.75, 3.05) is 10.2 Å². The maximum atomic E-state index is 13.0. The zero-order chi connectivity index (χ0) is 18.4. The molecule has 2 aromatic carbocycles. The van der Waals surface area contributed by atoms with E-state index in [1.165, 1.54) is 24.3 Å². The number of aromatic amines is 1. The van der Waals surface area contributed by atoms with Gasteiger partial charge in [0, 0.05) is 11.1 Å². The molecule has 0 spiro atoms. The predicted octanol–water partition coefficient (Wildman–Crippen LogP) is 3.93. The molecule has 1 aliphatic heterocycles. The number of benzene rings is 2. The molecule has 0 fully saturated rings. The van der Waals surface area contributed by atoms with Crippen LogP contribution in [0.25, 0.3) is 10.2 Å². The zero-order valence-corrected chi connectivity index (χ0v) is 14.9. The van der Waals surface area contributed by atoms with Crippen LogP contribution >= 0.6 is 11.3 Å². The number of anilines is 2. The van der Waals surface area contributed by atoms with Crippen molar-refractivity contribution >= 4 is 38.4 Å². The van der Waals surface area contributed by atoms with E-state index < -0.39 is 0 Å². The van der Waals surface area contributed by atoms with E-state index in [1.807, 2.05) is 18.2 Å². The molecule has 134 valence electrons. The Labute approximate surface area is 157 Å². The van der Waals surface area contributed by atoms with Gasteiger partial charge in [-0.25, -0.2) is 9.37 Å². The molecular formula is C19H14FN5OS. The molecule has 0 bridgehead atoms. The van der Waals surface area contributed by atoms with Crippen molar-refractivity contribution in [3.8, 4) is 0 Å². The lowest BCUT2D eigenvalue weighted by atomic mass is 10.2. The highest BCUT2D eigenvalue weighted by Crippen LogP contribution is 2.35. The molecule has 6 nitrogen and oxygen atoms in total. The number of rotatable bonds is 3. The SMILES string of the molecule is O=C(Nc1[nH]nc2c1CN(c1nc3ccccc3s1)C2)c1ccc(F)cc1. The van der Waals surface area contributed by atoms with Gasteiger partial charge >= 0.3 is 0 Å². The molecule has 5 rings (SSSR count). The number of fused-ring (bicyclic) bond motifs is 2. The fraction of sp³-hybridized carbons (Fsp3) is 0.105. The number of H-pyrrole nitrogens is 1. The van der Waals surface area contributed by atoms with Crippen LogP contribution in [-0.2, 0) is 13.1 Å². The maximum absolute atomic E-state index is 13.0. The first-order valence-electron chi connectivity index (χ1n) is 8.41. The lowest BCUT2D eigenvalue weighted by Gasteiger charge is -2.13. The number of aromatic nitrogens is 3. The predicted molar refractivity (Wildman–Crippen MR) is 102 cm³/mol. The molecule has 0 saturated heterocycles. The number of thiazole rings is 1. The summed E-state index contributed by atoms with van der Waals surface area (Å²) in [6.45, 7) is 1.25. The van der Waals surface area contributed by atoms with E-state index in [0.29, 0.717) is 24.5 Å². The van der Waals surface area contributed by atoms with Gasteiger partial charge in [-0.05, 0) is 36.4 Å². The molecular weight excluding hydrogens is 365 g/mol. The van der Waals surface area contributed by atoms with Gasteiger partial charge in [0.1, 0.15) is 11.6 Å². The van der Waals surface area contributed by atoms with Crippen molar-refractivity contribution in [3.63, 3.8) is 0 Å². The van der Waals surface area contributed by atoms with Gasteiger partial charge in [0.2, 0.25) is 0 Å². The van der Waals surface area contributed by atoms with E-state index in [2.05, 4.69) is 31.5 Å². The molecule has 1 aliphatic rings. The molecule has 0 radical (unpaired) electrons. The van der Waals surface area contributed by atoms with Crippen molar-refractivity contribution in [2.24, 2.45) is 0 Å². The van der Waals surface area contributed by atoms with Gasteiger partial charge in [-0.15, -0.1) is 0 Å². The second-order valence-electron chi connectivity index (χ2n) is 6.31. The quantitative estimate of drug-likeness (QED) is 0.566. The van der Waals surface area contributed by atoms with Crippen LogP contribution in [0.15, 0.2) is 48.5 Å². The minimum atomic E-state index is -0.375. The van der Waals surface area contributed by atoms with Crippen LogP contribution in [0.5, 0.6) is 0 Å². The molecule has 1 amide bonds. The van der Waals surface area contributed by atoms with Crippen LogP contribution in [0.2, 0.25) is 0 Å². The first-order chi connectivity index (χ1) is 13.2. The second-order valence-corrected chi connectivity index (χ2v) is 7.31. The topological polar surface area (TPSA) is 73.9 Å². The van der Waals surface area contributed by atoms with Gasteiger partial charge in [0.25, 0.3) is 5.91 Å². The number of para-hydroxylation sites is 1. The van der Waals surface area contributed by atoms with E-state index >= 15 is 0 Å². The minimum absolute atomic E-state index is 0.306. The third-order valence-electron chi connectivity index (χ3n) is 4.54. The summed E-state index contributed by atoms with van der Waals surface area (Å²) < 4.78 is 14.2. The molecule has 2 aromatic heterocycles. The monoisotopic (exact) mass is 379 g/mol. The standard InChI is InChI=1S/C19H14FN5OS/c20-12-7-5-11(6-8-12)18(26)22-17-13-9-25(10-15(13)23-24-17)19-21-14-3-1-2-4-16(14)27-19/h1-8H,9-10H2,(H2,22,23,24,26). The van der Waals surface area contributed by atoms with E-state index in [4.69, 9.17) is 0 Å². The largest absolute Gasteiger partial charge is 0.338 e. The van der Waals surface area contributed by atoms with Crippen LogP contribution in [-0.4, -0.2) is 21.1 Å². The van der Waals surface area contributed by atoms with E-state index in [1.54, 1.807) is 11.3 Å². The summed E-state index contributed by atoms with van der Waals surface area (Å²) in [5.41, 5.74) is 3.21. The highest BCUT2D eigenvalue weighted by molar-refractivity contribution is 7.22. The van der Waals surface area contributed by atoms with E-state index in [0.717, 1.165) is 26.6 Å². The second kappa shape index (κ2) is 6.17. The number of nitrogens with one attached hydrogen (secondary N) is 2. The molecule has 0 aliphatic carbocycles. The fourth-order valence-corrected chi connectivity index (χ4v) is 4.12. The summed E-state index contributed by atoms with van der Waals surface area (Å²) in [6.07, 6.45) is 0. The Morgan fingerprint density at radius 2 is 1.96 bits per heavy atom. The molecule has 0 saturated carbocycles. The number of amides is 1. The Balaban J connectivity index is 1.36. The van der Waals surface area contributed by atoms with Crippen molar-refractivity contribution in [1.82, 2.24) is 15.2 Å². The average Bonchev–Trinajstić information content (AvgIpc) is 3.36. The molecule has 0 atom stereocenters. The summed E-state index contributed by atoms with van der Waals surface area (Å²) in [6, 6.07) is 13.5. The highest BCUT2D eigenvalue weighted by Gasteiger charge is 2.28. The smallest absolute Gasteiger partial charge is 0.256 e. The zero-order valence-electron chi connectivity index (χ0n) is 14.1. The van der Waals surface area contributed by atoms with Gasteiger partial charge < -0.3 is 10.2 Å². The molecule has 0 unspecified atom stereocenters. The Kier molecular flexibility index (Phi) is 3.64. The maximum Gasteiger partial charge on any atom is 0.256 e. The van der Waals surface area contributed by atoms with Crippen molar-refractivity contribution in [2.45, 2.75) is 13.1 Å². The minimum Gasteiger partial charge on any atom is -0.338 e. The van der Waals surface area contributed by atoms with Gasteiger partial charge in [-0.2, -0.15) is 5.10 Å². The van der Waals surface area contributed by atoms with Gasteiger partial charge in [-0.3, -0.25) is 9.89 Å². The van der Waals surface area contributed by atoms with Crippen LogP contribution in [0.3, 0.4) is 0 Å². The summed E-state index contributed by atoms with van der Waals surface area (Å²) in [5.74, 6) is -0.108. The van der Waals surface area contributed by atoms with Gasteiger partial charge in [0.15, 0.2) is 5.13 Å². The average molecular weight is 379 g/mol. The lowest BCUT2D eigenvalue weighted by molar-refractivity contribution is 0.102. The number of halogens is 1. The van der Waals surface area contributed by atoms with Crippen LogP contribution < -0.4 is 10.2 Å². The number of hydrogen-bond acceptors (Lipinski definition) is 5. The lowest BCUT2D eigenvalue weighted by Crippen LogP contribution is -2.17. The Hall–Kier alpha value is -3.26. The molecule has 3 heterocycles. The first kappa shape index (κ1) is 16.0. The first-order valence-corrected chi connectivity index (χ1v) is 9.22. The molecule has 8 heteroatoms.